The summed E-state index contributed by atoms with van der Waals surface area (Å²) >= 11 is 0. The van der Waals surface area contributed by atoms with Crippen molar-refractivity contribution in [3.05, 3.63) is 18.0 Å². The second kappa shape index (κ2) is 2.59. The number of nitrogens with zero attached hydrogens (tertiary/aromatic N) is 2. The Labute approximate surface area is 72.0 Å². The van der Waals surface area contributed by atoms with Gasteiger partial charge in [0.05, 0.1) is 12.3 Å². The van der Waals surface area contributed by atoms with E-state index in [1.54, 1.807) is 0 Å². The highest BCUT2D eigenvalue weighted by Crippen LogP contribution is 2.46. The minimum atomic E-state index is 0.0282. The SMILES string of the molecule is CCn1ccc(C2(CO)CC2)n1. The van der Waals surface area contributed by atoms with Crippen LogP contribution in [0.3, 0.4) is 0 Å². The molecule has 0 spiro atoms. The van der Waals surface area contributed by atoms with Gasteiger partial charge in [0.1, 0.15) is 0 Å². The van der Waals surface area contributed by atoms with Crippen molar-refractivity contribution in [3.8, 4) is 0 Å². The van der Waals surface area contributed by atoms with Gasteiger partial charge in [-0.25, -0.2) is 0 Å². The zero-order valence-electron chi connectivity index (χ0n) is 7.32. The van der Waals surface area contributed by atoms with E-state index in [2.05, 4.69) is 12.0 Å². The number of aryl methyl sites for hydroxylation is 1. The monoisotopic (exact) mass is 166 g/mol. The van der Waals surface area contributed by atoms with Gasteiger partial charge < -0.3 is 5.11 Å². The lowest BCUT2D eigenvalue weighted by atomic mass is 10.1. The van der Waals surface area contributed by atoms with E-state index in [9.17, 15) is 0 Å². The van der Waals surface area contributed by atoms with Crippen LogP contribution >= 0.6 is 0 Å². The lowest BCUT2D eigenvalue weighted by Crippen LogP contribution is -2.13. The molecule has 0 amide bonds. The summed E-state index contributed by atoms with van der Waals surface area (Å²) in [5.74, 6) is 0. The molecule has 2 rings (SSSR count). The summed E-state index contributed by atoms with van der Waals surface area (Å²) in [5, 5.41) is 13.5. The van der Waals surface area contributed by atoms with Crippen LogP contribution in [-0.2, 0) is 12.0 Å². The molecule has 0 aromatic carbocycles. The van der Waals surface area contributed by atoms with Crippen molar-refractivity contribution in [1.82, 2.24) is 9.78 Å². The van der Waals surface area contributed by atoms with Crippen molar-refractivity contribution in [3.63, 3.8) is 0 Å². The van der Waals surface area contributed by atoms with Crippen LogP contribution in [0.25, 0.3) is 0 Å². The molecule has 12 heavy (non-hydrogen) atoms. The predicted molar refractivity (Wildman–Crippen MR) is 45.9 cm³/mol. The molecule has 0 aliphatic heterocycles. The number of hydrogen-bond acceptors (Lipinski definition) is 2. The summed E-state index contributed by atoms with van der Waals surface area (Å²) in [7, 11) is 0. The maximum atomic E-state index is 9.14. The van der Waals surface area contributed by atoms with Gasteiger partial charge in [-0.05, 0) is 25.8 Å². The summed E-state index contributed by atoms with van der Waals surface area (Å²) in [6, 6.07) is 2.02. The molecule has 0 atom stereocenters. The first-order valence-electron chi connectivity index (χ1n) is 4.45. The molecule has 0 radical (unpaired) electrons. The average molecular weight is 166 g/mol. The lowest BCUT2D eigenvalue weighted by Gasteiger charge is -2.06. The fraction of sp³-hybridized carbons (Fsp3) is 0.667. The van der Waals surface area contributed by atoms with Gasteiger partial charge in [-0.15, -0.1) is 0 Å². The van der Waals surface area contributed by atoms with E-state index in [0.29, 0.717) is 0 Å². The number of aliphatic hydroxyl groups is 1. The van der Waals surface area contributed by atoms with E-state index in [4.69, 9.17) is 5.11 Å². The molecule has 1 aromatic rings. The summed E-state index contributed by atoms with van der Waals surface area (Å²) in [5.41, 5.74) is 1.09. The van der Waals surface area contributed by atoms with Gasteiger partial charge >= 0.3 is 0 Å². The van der Waals surface area contributed by atoms with E-state index in [0.717, 1.165) is 25.1 Å². The van der Waals surface area contributed by atoms with Gasteiger partial charge in [-0.1, -0.05) is 0 Å². The van der Waals surface area contributed by atoms with Crippen molar-refractivity contribution < 1.29 is 5.11 Å². The zero-order chi connectivity index (χ0) is 8.60. The van der Waals surface area contributed by atoms with Gasteiger partial charge in [-0.2, -0.15) is 5.10 Å². The first-order chi connectivity index (χ1) is 5.80. The maximum absolute atomic E-state index is 9.14. The van der Waals surface area contributed by atoms with Crippen LogP contribution in [0.2, 0.25) is 0 Å². The molecule has 1 fully saturated rings. The van der Waals surface area contributed by atoms with Gasteiger partial charge in [0.25, 0.3) is 0 Å². The maximum Gasteiger partial charge on any atom is 0.0709 e. The van der Waals surface area contributed by atoms with E-state index >= 15 is 0 Å². The largest absolute Gasteiger partial charge is 0.395 e. The normalized spacial score (nSPS) is 19.5. The van der Waals surface area contributed by atoms with E-state index in [-0.39, 0.29) is 12.0 Å². The smallest absolute Gasteiger partial charge is 0.0709 e. The van der Waals surface area contributed by atoms with Crippen LogP contribution in [0.1, 0.15) is 25.5 Å². The van der Waals surface area contributed by atoms with Crippen LogP contribution in [-0.4, -0.2) is 21.5 Å². The Morgan fingerprint density at radius 3 is 2.83 bits per heavy atom. The third-order valence-electron chi connectivity index (χ3n) is 2.66. The fourth-order valence-corrected chi connectivity index (χ4v) is 1.47. The van der Waals surface area contributed by atoms with Crippen LogP contribution in [0.15, 0.2) is 12.3 Å². The lowest BCUT2D eigenvalue weighted by molar-refractivity contribution is 0.252. The van der Waals surface area contributed by atoms with E-state index in [1.807, 2.05) is 16.9 Å². The number of rotatable bonds is 3. The Morgan fingerprint density at radius 1 is 1.67 bits per heavy atom. The summed E-state index contributed by atoms with van der Waals surface area (Å²) < 4.78 is 1.91. The second-order valence-corrected chi connectivity index (χ2v) is 3.50. The molecule has 1 N–H and O–H groups in total. The van der Waals surface area contributed by atoms with Gasteiger partial charge in [0, 0.05) is 18.2 Å². The van der Waals surface area contributed by atoms with Crippen molar-refractivity contribution in [2.24, 2.45) is 0 Å². The molecule has 0 unspecified atom stereocenters. The molecule has 1 aliphatic rings. The van der Waals surface area contributed by atoms with Crippen molar-refractivity contribution in [2.75, 3.05) is 6.61 Å². The number of hydrogen-bond donors (Lipinski definition) is 1. The minimum absolute atomic E-state index is 0.0282. The number of aliphatic hydroxyl groups excluding tert-OH is 1. The Kier molecular flexibility index (Phi) is 1.68. The molecular weight excluding hydrogens is 152 g/mol. The first-order valence-corrected chi connectivity index (χ1v) is 4.45. The van der Waals surface area contributed by atoms with Crippen molar-refractivity contribution in [1.29, 1.82) is 0 Å². The average Bonchev–Trinajstić information content (AvgIpc) is 2.77. The first kappa shape index (κ1) is 7.80. The van der Waals surface area contributed by atoms with Crippen LogP contribution < -0.4 is 0 Å². The highest BCUT2D eigenvalue weighted by atomic mass is 16.3. The van der Waals surface area contributed by atoms with Crippen LogP contribution in [0, 0.1) is 0 Å². The molecular formula is C9H14N2O. The standard InChI is InChI=1S/C9H14N2O/c1-2-11-6-3-8(10-11)9(7-12)4-5-9/h3,6,12H,2,4-5,7H2,1H3. The van der Waals surface area contributed by atoms with Gasteiger partial charge in [0.15, 0.2) is 0 Å². The minimum Gasteiger partial charge on any atom is -0.395 e. The zero-order valence-corrected chi connectivity index (χ0v) is 7.32. The third-order valence-corrected chi connectivity index (χ3v) is 2.66. The van der Waals surface area contributed by atoms with E-state index in [1.165, 1.54) is 0 Å². The molecule has 0 saturated heterocycles. The molecule has 1 aromatic heterocycles. The highest BCUT2D eigenvalue weighted by Gasteiger charge is 2.45. The van der Waals surface area contributed by atoms with Crippen LogP contribution in [0.4, 0.5) is 0 Å². The quantitative estimate of drug-likeness (QED) is 0.725. The third kappa shape index (κ3) is 1.05. The predicted octanol–water partition coefficient (Wildman–Crippen LogP) is 0.927. The Balaban J connectivity index is 2.23. The molecule has 1 heterocycles. The summed E-state index contributed by atoms with van der Waals surface area (Å²) in [6.07, 6.45) is 4.15. The van der Waals surface area contributed by atoms with Gasteiger partial charge in [-0.3, -0.25) is 4.68 Å². The van der Waals surface area contributed by atoms with Crippen molar-refractivity contribution >= 4 is 0 Å². The summed E-state index contributed by atoms with van der Waals surface area (Å²) in [4.78, 5) is 0. The Hall–Kier alpha value is -0.830. The van der Waals surface area contributed by atoms with Gasteiger partial charge in [0.2, 0.25) is 0 Å². The topological polar surface area (TPSA) is 38.0 Å². The second-order valence-electron chi connectivity index (χ2n) is 3.50. The highest BCUT2D eigenvalue weighted by molar-refractivity contribution is 5.23. The summed E-state index contributed by atoms with van der Waals surface area (Å²) in [6.45, 7) is 3.21. The van der Waals surface area contributed by atoms with E-state index < -0.39 is 0 Å². The Bertz CT molecular complexity index is 276. The number of aromatic nitrogens is 2. The Morgan fingerprint density at radius 2 is 2.42 bits per heavy atom. The molecule has 66 valence electrons. The molecule has 1 saturated carbocycles. The van der Waals surface area contributed by atoms with Crippen molar-refractivity contribution in [2.45, 2.75) is 31.7 Å². The molecule has 0 bridgehead atoms. The van der Waals surface area contributed by atoms with Crippen LogP contribution in [0.5, 0.6) is 0 Å². The molecule has 3 nitrogen and oxygen atoms in total. The molecule has 1 aliphatic carbocycles. The fourth-order valence-electron chi connectivity index (χ4n) is 1.47. The molecule has 3 heteroatoms.